The molecule has 0 bridgehead atoms. The van der Waals surface area contributed by atoms with Gasteiger partial charge in [0.25, 0.3) is 11.8 Å². The fourth-order valence-corrected chi connectivity index (χ4v) is 3.39. The Kier molecular flexibility index (Phi) is 5.29. The molecule has 31 heavy (non-hydrogen) atoms. The van der Waals surface area contributed by atoms with E-state index in [9.17, 15) is 14.4 Å². The van der Waals surface area contributed by atoms with E-state index < -0.39 is 17.8 Å². The van der Waals surface area contributed by atoms with Crippen LogP contribution in [0.2, 0.25) is 0 Å². The van der Waals surface area contributed by atoms with Gasteiger partial charge < -0.3 is 9.47 Å². The van der Waals surface area contributed by atoms with E-state index in [1.54, 1.807) is 37.3 Å². The number of carbonyl (C=O) groups excluding carboxylic acids is 3. The molecule has 1 aliphatic heterocycles. The van der Waals surface area contributed by atoms with Crippen LogP contribution in [0.5, 0.6) is 11.5 Å². The Morgan fingerprint density at radius 2 is 1.45 bits per heavy atom. The lowest BCUT2D eigenvalue weighted by molar-refractivity contribution is 0.0526. The molecule has 0 spiro atoms. The molecule has 0 fully saturated rings. The Bertz CT molecular complexity index is 1200. The molecule has 0 radical (unpaired) electrons. The van der Waals surface area contributed by atoms with Gasteiger partial charge in [-0.3, -0.25) is 9.59 Å². The zero-order valence-corrected chi connectivity index (χ0v) is 17.5. The highest BCUT2D eigenvalue weighted by Gasteiger charge is 2.37. The van der Waals surface area contributed by atoms with Gasteiger partial charge in [0.2, 0.25) is 0 Å². The number of fused-ring (bicyclic) bond motifs is 1. The van der Waals surface area contributed by atoms with Gasteiger partial charge in [0, 0.05) is 0 Å². The number of aryl methyl sites for hydroxylation is 2. The molecule has 0 N–H and O–H groups in total. The number of nitrogens with zero attached hydrogens (tertiary/aromatic N) is 1. The largest absolute Gasteiger partial charge is 0.462 e. The van der Waals surface area contributed by atoms with E-state index in [1.165, 1.54) is 12.1 Å². The number of hydrogen-bond acceptors (Lipinski definition) is 5. The summed E-state index contributed by atoms with van der Waals surface area (Å²) in [4.78, 5) is 38.8. The number of amides is 2. The lowest BCUT2D eigenvalue weighted by Crippen LogP contribution is -2.29. The second kappa shape index (κ2) is 8.07. The summed E-state index contributed by atoms with van der Waals surface area (Å²) >= 11 is 0. The van der Waals surface area contributed by atoms with E-state index in [2.05, 4.69) is 0 Å². The predicted octanol–water partition coefficient (Wildman–Crippen LogP) is 5.07. The highest BCUT2D eigenvalue weighted by atomic mass is 16.5. The summed E-state index contributed by atoms with van der Waals surface area (Å²) in [5.74, 6) is -0.172. The molecule has 6 nitrogen and oxygen atoms in total. The lowest BCUT2D eigenvalue weighted by atomic mass is 10.1. The molecule has 156 valence electrons. The summed E-state index contributed by atoms with van der Waals surface area (Å²) in [5, 5.41) is 0. The number of hydrogen-bond donors (Lipinski definition) is 0. The first kappa shape index (κ1) is 20.3. The van der Waals surface area contributed by atoms with Gasteiger partial charge in [0.05, 0.1) is 29.0 Å². The van der Waals surface area contributed by atoms with E-state index in [0.29, 0.717) is 28.3 Å². The molecule has 0 aromatic heterocycles. The van der Waals surface area contributed by atoms with E-state index in [0.717, 1.165) is 16.0 Å². The average Bonchev–Trinajstić information content (AvgIpc) is 3.01. The smallest absolute Gasteiger partial charge is 0.338 e. The molecule has 0 saturated carbocycles. The Morgan fingerprint density at radius 3 is 2.13 bits per heavy atom. The number of rotatable bonds is 5. The monoisotopic (exact) mass is 415 g/mol. The minimum absolute atomic E-state index is 0.269. The number of esters is 1. The van der Waals surface area contributed by atoms with Crippen LogP contribution in [0.3, 0.4) is 0 Å². The summed E-state index contributed by atoms with van der Waals surface area (Å²) in [6.07, 6.45) is 0. The third-order valence-corrected chi connectivity index (χ3v) is 5.21. The molecule has 2 amide bonds. The van der Waals surface area contributed by atoms with Crippen molar-refractivity contribution < 1.29 is 23.9 Å². The van der Waals surface area contributed by atoms with Gasteiger partial charge in [-0.05, 0) is 86.5 Å². The van der Waals surface area contributed by atoms with Crippen LogP contribution in [0, 0.1) is 13.8 Å². The van der Waals surface area contributed by atoms with Crippen molar-refractivity contribution in [2.75, 3.05) is 11.5 Å². The first-order chi connectivity index (χ1) is 14.9. The number of carbonyl (C=O) groups is 3. The molecular formula is C25H21NO5. The SMILES string of the molecule is CCOC(=O)c1ccc(N2C(=O)c3ccc(Oc4ccc(C)c(C)c4)cc3C2=O)cc1. The van der Waals surface area contributed by atoms with Crippen LogP contribution < -0.4 is 9.64 Å². The van der Waals surface area contributed by atoms with E-state index in [4.69, 9.17) is 9.47 Å². The van der Waals surface area contributed by atoms with Gasteiger partial charge in [-0.15, -0.1) is 0 Å². The first-order valence-electron chi connectivity index (χ1n) is 9.94. The van der Waals surface area contributed by atoms with Crippen molar-refractivity contribution in [1.29, 1.82) is 0 Å². The van der Waals surface area contributed by atoms with E-state index in [1.807, 2.05) is 32.0 Å². The molecule has 3 aromatic rings. The van der Waals surface area contributed by atoms with Crippen LogP contribution in [0.15, 0.2) is 60.7 Å². The molecule has 6 heteroatoms. The number of imide groups is 1. The first-order valence-corrected chi connectivity index (χ1v) is 9.94. The highest BCUT2D eigenvalue weighted by Crippen LogP contribution is 2.33. The fraction of sp³-hybridized carbons (Fsp3) is 0.160. The van der Waals surface area contributed by atoms with Crippen LogP contribution in [0.4, 0.5) is 5.69 Å². The van der Waals surface area contributed by atoms with Crippen LogP contribution in [0.25, 0.3) is 0 Å². The number of benzene rings is 3. The van der Waals surface area contributed by atoms with Gasteiger partial charge in [-0.2, -0.15) is 0 Å². The standard InChI is InChI=1S/C25H21NO5/c1-4-30-25(29)17-6-8-18(9-7-17)26-23(27)21-12-11-20(14-22(21)24(26)28)31-19-10-5-15(2)16(3)13-19/h5-14H,4H2,1-3H3. The quantitative estimate of drug-likeness (QED) is 0.430. The van der Waals surface area contributed by atoms with Crippen LogP contribution in [0.1, 0.15) is 49.1 Å². The van der Waals surface area contributed by atoms with Crippen LogP contribution in [-0.4, -0.2) is 24.4 Å². The van der Waals surface area contributed by atoms with Gasteiger partial charge in [0.15, 0.2) is 0 Å². The van der Waals surface area contributed by atoms with Crippen molar-refractivity contribution in [1.82, 2.24) is 0 Å². The van der Waals surface area contributed by atoms with E-state index >= 15 is 0 Å². The van der Waals surface area contributed by atoms with Gasteiger partial charge in [-0.1, -0.05) is 6.07 Å². The average molecular weight is 415 g/mol. The third kappa shape index (κ3) is 3.80. The minimum atomic E-state index is -0.454. The maximum atomic E-state index is 13.0. The van der Waals surface area contributed by atoms with E-state index in [-0.39, 0.29) is 12.2 Å². The highest BCUT2D eigenvalue weighted by molar-refractivity contribution is 6.34. The van der Waals surface area contributed by atoms with Crippen LogP contribution in [-0.2, 0) is 4.74 Å². The third-order valence-electron chi connectivity index (χ3n) is 5.21. The Balaban J connectivity index is 1.59. The predicted molar refractivity (Wildman–Crippen MR) is 116 cm³/mol. The maximum Gasteiger partial charge on any atom is 0.338 e. The Labute approximate surface area is 180 Å². The Hall–Kier alpha value is -3.93. The molecule has 1 heterocycles. The summed E-state index contributed by atoms with van der Waals surface area (Å²) in [6, 6.07) is 16.8. The Morgan fingerprint density at radius 1 is 0.806 bits per heavy atom. The molecule has 3 aromatic carbocycles. The molecule has 0 unspecified atom stereocenters. The van der Waals surface area contributed by atoms with Crippen molar-refractivity contribution in [3.05, 3.63) is 88.5 Å². The van der Waals surface area contributed by atoms with Crippen molar-refractivity contribution in [2.45, 2.75) is 20.8 Å². The molecule has 0 atom stereocenters. The maximum absolute atomic E-state index is 13.0. The number of ether oxygens (including phenoxy) is 2. The topological polar surface area (TPSA) is 72.9 Å². The minimum Gasteiger partial charge on any atom is -0.462 e. The molecular weight excluding hydrogens is 394 g/mol. The summed E-state index contributed by atoms with van der Waals surface area (Å²) in [5.41, 5.74) is 3.59. The molecule has 0 saturated heterocycles. The molecule has 0 aliphatic carbocycles. The van der Waals surface area contributed by atoms with Crippen molar-refractivity contribution in [3.63, 3.8) is 0 Å². The fourth-order valence-electron chi connectivity index (χ4n) is 3.39. The van der Waals surface area contributed by atoms with Gasteiger partial charge in [-0.25, -0.2) is 9.69 Å². The normalized spacial score (nSPS) is 12.7. The summed E-state index contributed by atoms with van der Waals surface area (Å²) < 4.78 is 10.9. The second-order valence-electron chi connectivity index (χ2n) is 7.27. The molecule has 1 aliphatic rings. The van der Waals surface area contributed by atoms with Crippen molar-refractivity contribution >= 4 is 23.5 Å². The van der Waals surface area contributed by atoms with Crippen LogP contribution >= 0.6 is 0 Å². The molecule has 4 rings (SSSR count). The summed E-state index contributed by atoms with van der Waals surface area (Å²) in [7, 11) is 0. The summed E-state index contributed by atoms with van der Waals surface area (Å²) in [6.45, 7) is 6.01. The zero-order valence-electron chi connectivity index (χ0n) is 17.5. The lowest BCUT2D eigenvalue weighted by Gasteiger charge is -2.14. The van der Waals surface area contributed by atoms with Crippen molar-refractivity contribution in [2.24, 2.45) is 0 Å². The zero-order chi connectivity index (χ0) is 22.1. The van der Waals surface area contributed by atoms with Gasteiger partial charge >= 0.3 is 5.97 Å². The van der Waals surface area contributed by atoms with Crippen molar-refractivity contribution in [3.8, 4) is 11.5 Å². The number of anilines is 1. The second-order valence-corrected chi connectivity index (χ2v) is 7.27. The van der Waals surface area contributed by atoms with Gasteiger partial charge in [0.1, 0.15) is 11.5 Å².